The molecule has 0 radical (unpaired) electrons. The lowest BCUT2D eigenvalue weighted by Gasteiger charge is -2.45. The van der Waals surface area contributed by atoms with Crippen molar-refractivity contribution in [2.24, 2.45) is 4.99 Å². The van der Waals surface area contributed by atoms with Crippen LogP contribution in [0, 0.1) is 0 Å². The monoisotopic (exact) mass is 497 g/mol. The molecule has 26 heavy (non-hydrogen) atoms. The molecular formula is C19H36IN3O2S. The summed E-state index contributed by atoms with van der Waals surface area (Å²) in [6, 6.07) is 0. The van der Waals surface area contributed by atoms with Crippen molar-refractivity contribution in [2.45, 2.75) is 62.2 Å². The molecule has 0 aromatic heterocycles. The van der Waals surface area contributed by atoms with Gasteiger partial charge in [0.25, 0.3) is 0 Å². The Morgan fingerprint density at radius 3 is 2.77 bits per heavy atom. The number of rotatable bonds is 5. The number of thioether (sulfide) groups is 1. The van der Waals surface area contributed by atoms with Crippen LogP contribution < -0.4 is 5.32 Å². The van der Waals surface area contributed by atoms with Crippen LogP contribution in [0.4, 0.5) is 0 Å². The van der Waals surface area contributed by atoms with Gasteiger partial charge in [-0.3, -0.25) is 4.99 Å². The normalized spacial score (nSPS) is 24.3. The zero-order valence-electron chi connectivity index (χ0n) is 16.2. The van der Waals surface area contributed by atoms with Gasteiger partial charge in [0.15, 0.2) is 5.96 Å². The van der Waals surface area contributed by atoms with E-state index in [9.17, 15) is 0 Å². The molecule has 152 valence electrons. The second-order valence-corrected chi connectivity index (χ2v) is 9.09. The molecule has 3 fully saturated rings. The maximum atomic E-state index is 5.96. The predicted molar refractivity (Wildman–Crippen MR) is 121 cm³/mol. The summed E-state index contributed by atoms with van der Waals surface area (Å²) in [7, 11) is 1.91. The quantitative estimate of drug-likeness (QED) is 0.273. The fraction of sp³-hybridized carbons (Fsp3) is 0.947. The number of aliphatic imine (C=N–C) groups is 1. The molecular weight excluding hydrogens is 461 g/mol. The van der Waals surface area contributed by atoms with E-state index in [1.807, 2.05) is 7.05 Å². The van der Waals surface area contributed by atoms with Crippen LogP contribution in [0.2, 0.25) is 0 Å². The van der Waals surface area contributed by atoms with Gasteiger partial charge in [0.05, 0.1) is 6.10 Å². The predicted octanol–water partition coefficient (Wildman–Crippen LogP) is 3.52. The Morgan fingerprint density at radius 2 is 2.04 bits per heavy atom. The van der Waals surface area contributed by atoms with E-state index in [1.165, 1.54) is 37.9 Å². The second-order valence-electron chi connectivity index (χ2n) is 7.52. The van der Waals surface area contributed by atoms with Gasteiger partial charge in [-0.05, 0) is 32.1 Å². The van der Waals surface area contributed by atoms with E-state index in [1.54, 1.807) is 0 Å². The highest BCUT2D eigenvalue weighted by Gasteiger charge is 2.38. The van der Waals surface area contributed by atoms with Gasteiger partial charge < -0.3 is 19.7 Å². The summed E-state index contributed by atoms with van der Waals surface area (Å²) in [5.74, 6) is 2.31. The second kappa shape index (κ2) is 12.0. The van der Waals surface area contributed by atoms with Crippen molar-refractivity contribution in [1.82, 2.24) is 10.2 Å². The van der Waals surface area contributed by atoms with Crippen LogP contribution in [0.5, 0.6) is 0 Å². The highest BCUT2D eigenvalue weighted by atomic mass is 127. The van der Waals surface area contributed by atoms with Crippen molar-refractivity contribution in [3.8, 4) is 0 Å². The van der Waals surface area contributed by atoms with Gasteiger partial charge in [-0.2, -0.15) is 11.8 Å². The largest absolute Gasteiger partial charge is 0.381 e. The van der Waals surface area contributed by atoms with Crippen LogP contribution in [0.3, 0.4) is 0 Å². The fourth-order valence-electron chi connectivity index (χ4n) is 4.22. The molecule has 0 amide bonds. The summed E-state index contributed by atoms with van der Waals surface area (Å²) in [6.45, 7) is 5.75. The van der Waals surface area contributed by atoms with Crippen molar-refractivity contribution in [2.75, 3.05) is 52.3 Å². The van der Waals surface area contributed by atoms with Crippen molar-refractivity contribution in [3.63, 3.8) is 0 Å². The Morgan fingerprint density at radius 1 is 1.27 bits per heavy atom. The third-order valence-electron chi connectivity index (χ3n) is 5.65. The number of hydrogen-bond acceptors (Lipinski definition) is 4. The molecule has 2 heterocycles. The van der Waals surface area contributed by atoms with Gasteiger partial charge in [-0.25, -0.2) is 0 Å². The maximum absolute atomic E-state index is 5.96. The minimum Gasteiger partial charge on any atom is -0.381 e. The van der Waals surface area contributed by atoms with Crippen molar-refractivity contribution < 1.29 is 9.47 Å². The summed E-state index contributed by atoms with van der Waals surface area (Å²) in [6.07, 6.45) is 10.5. The lowest BCUT2D eigenvalue weighted by molar-refractivity contribution is -0.0320. The molecule has 2 aliphatic heterocycles. The van der Waals surface area contributed by atoms with Gasteiger partial charge in [-0.1, -0.05) is 19.3 Å². The third kappa shape index (κ3) is 6.71. The molecule has 2 saturated heterocycles. The molecule has 1 N–H and O–H groups in total. The molecule has 0 aromatic carbocycles. The first-order valence-electron chi connectivity index (χ1n) is 10.1. The third-order valence-corrected chi connectivity index (χ3v) is 7.19. The van der Waals surface area contributed by atoms with Crippen LogP contribution in [0.1, 0.15) is 51.4 Å². The van der Waals surface area contributed by atoms with Crippen molar-refractivity contribution in [3.05, 3.63) is 0 Å². The average molecular weight is 497 g/mol. The Hall–Kier alpha value is 0.270. The number of ether oxygens (including phenoxy) is 2. The van der Waals surface area contributed by atoms with E-state index in [0.29, 0.717) is 10.9 Å². The Kier molecular flexibility index (Phi) is 10.4. The molecule has 0 atom stereocenters. The van der Waals surface area contributed by atoms with Crippen LogP contribution >= 0.6 is 35.7 Å². The Labute approximate surface area is 180 Å². The molecule has 5 nitrogen and oxygen atoms in total. The zero-order valence-corrected chi connectivity index (χ0v) is 19.4. The first-order valence-corrected chi connectivity index (χ1v) is 11.1. The van der Waals surface area contributed by atoms with E-state index in [0.717, 1.165) is 64.7 Å². The number of hydrogen-bond donors (Lipinski definition) is 1. The highest BCUT2D eigenvalue weighted by Crippen LogP contribution is 2.42. The SMILES string of the molecule is CN=C(NCCCOC1CCOCC1)N1CCSC2(CCCCC2)C1.I. The maximum Gasteiger partial charge on any atom is 0.193 e. The van der Waals surface area contributed by atoms with Crippen LogP contribution in [0.25, 0.3) is 0 Å². The molecule has 7 heteroatoms. The van der Waals surface area contributed by atoms with Crippen LogP contribution in [0.15, 0.2) is 4.99 Å². The lowest BCUT2D eigenvalue weighted by atomic mass is 9.87. The molecule has 3 aliphatic rings. The summed E-state index contributed by atoms with van der Waals surface area (Å²) < 4.78 is 11.8. The molecule has 1 aliphatic carbocycles. The van der Waals surface area contributed by atoms with E-state index in [2.05, 4.69) is 27.0 Å². The molecule has 1 spiro atoms. The van der Waals surface area contributed by atoms with Gasteiger partial charge in [-0.15, -0.1) is 24.0 Å². The minimum absolute atomic E-state index is 0. The van der Waals surface area contributed by atoms with E-state index in [4.69, 9.17) is 9.47 Å². The first-order chi connectivity index (χ1) is 12.3. The summed E-state index contributed by atoms with van der Waals surface area (Å²) >= 11 is 2.21. The molecule has 3 rings (SSSR count). The number of nitrogens with zero attached hydrogens (tertiary/aromatic N) is 2. The van der Waals surface area contributed by atoms with Gasteiger partial charge >= 0.3 is 0 Å². The van der Waals surface area contributed by atoms with Crippen LogP contribution in [-0.2, 0) is 9.47 Å². The highest BCUT2D eigenvalue weighted by molar-refractivity contribution is 14.0. The number of guanidine groups is 1. The van der Waals surface area contributed by atoms with Gasteiger partial charge in [0.2, 0.25) is 0 Å². The fourth-order valence-corrected chi connectivity index (χ4v) is 5.79. The average Bonchev–Trinajstić information content (AvgIpc) is 2.66. The molecule has 0 unspecified atom stereocenters. The molecule has 0 aromatic rings. The summed E-state index contributed by atoms with van der Waals surface area (Å²) in [5.41, 5.74) is 0. The van der Waals surface area contributed by atoms with Crippen molar-refractivity contribution in [1.29, 1.82) is 0 Å². The van der Waals surface area contributed by atoms with Crippen molar-refractivity contribution >= 4 is 41.7 Å². The Bertz CT molecular complexity index is 421. The van der Waals surface area contributed by atoms with Gasteiger partial charge in [0, 0.05) is 57.0 Å². The van der Waals surface area contributed by atoms with Crippen LogP contribution in [-0.4, -0.2) is 74.0 Å². The molecule has 0 bridgehead atoms. The smallest absolute Gasteiger partial charge is 0.193 e. The summed E-state index contributed by atoms with van der Waals surface area (Å²) in [5, 5.41) is 3.56. The molecule has 1 saturated carbocycles. The number of nitrogens with one attached hydrogen (secondary N) is 1. The minimum atomic E-state index is 0. The number of halogens is 1. The summed E-state index contributed by atoms with van der Waals surface area (Å²) in [4.78, 5) is 7.03. The van der Waals surface area contributed by atoms with Gasteiger partial charge in [0.1, 0.15) is 0 Å². The zero-order chi connectivity index (χ0) is 17.4. The van der Waals surface area contributed by atoms with E-state index < -0.39 is 0 Å². The Balaban J connectivity index is 0.00000243. The van der Waals surface area contributed by atoms with E-state index in [-0.39, 0.29) is 24.0 Å². The van der Waals surface area contributed by atoms with E-state index >= 15 is 0 Å². The standard InChI is InChI=1S/C19H35N3O2S.HI/c1-20-18(21-10-5-12-24-17-6-13-23-14-7-17)22-11-15-25-19(16-22)8-3-2-4-9-19;/h17H,2-16H2,1H3,(H,20,21);1H. The topological polar surface area (TPSA) is 46.1 Å². The first kappa shape index (κ1) is 22.6. The lowest BCUT2D eigenvalue weighted by Crippen LogP contribution is -2.53.